The summed E-state index contributed by atoms with van der Waals surface area (Å²) in [6.07, 6.45) is 0. The van der Waals surface area contributed by atoms with Crippen LogP contribution >= 0.6 is 11.3 Å². The summed E-state index contributed by atoms with van der Waals surface area (Å²) in [7, 11) is 0. The highest BCUT2D eigenvalue weighted by molar-refractivity contribution is 7.26. The molecule has 54 heavy (non-hydrogen) atoms. The van der Waals surface area contributed by atoms with E-state index in [0.717, 1.165) is 49.8 Å². The Kier molecular flexibility index (Phi) is 7.00. The number of furan rings is 1. The van der Waals surface area contributed by atoms with Crippen molar-refractivity contribution in [2.75, 3.05) is 0 Å². The molecule has 4 nitrogen and oxygen atoms in total. The Labute approximate surface area is 314 Å². The quantitative estimate of drug-likeness (QED) is 0.179. The number of fused-ring (bicyclic) bond motifs is 7. The van der Waals surface area contributed by atoms with Crippen LogP contribution in [0.2, 0.25) is 0 Å². The van der Waals surface area contributed by atoms with Gasteiger partial charge in [0.05, 0.1) is 0 Å². The lowest BCUT2D eigenvalue weighted by Gasteiger charge is -2.09. The molecule has 11 rings (SSSR count). The second-order valence-corrected chi connectivity index (χ2v) is 14.6. The summed E-state index contributed by atoms with van der Waals surface area (Å²) >= 11 is 1.84. The summed E-state index contributed by atoms with van der Waals surface area (Å²) < 4.78 is 8.99. The highest BCUT2D eigenvalue weighted by atomic mass is 32.1. The van der Waals surface area contributed by atoms with E-state index in [9.17, 15) is 0 Å². The number of nitrogens with zero attached hydrogens (tertiary/aromatic N) is 3. The first kappa shape index (κ1) is 30.7. The van der Waals surface area contributed by atoms with Crippen LogP contribution in [0.1, 0.15) is 0 Å². The fourth-order valence-electron chi connectivity index (χ4n) is 7.74. The van der Waals surface area contributed by atoms with E-state index < -0.39 is 0 Å². The van der Waals surface area contributed by atoms with Gasteiger partial charge in [-0.05, 0) is 58.3 Å². The van der Waals surface area contributed by atoms with Crippen LogP contribution in [0.4, 0.5) is 0 Å². The molecule has 0 saturated carbocycles. The Balaban J connectivity index is 1.07. The monoisotopic (exact) mass is 707 g/mol. The Morgan fingerprint density at radius 3 is 1.74 bits per heavy atom. The van der Waals surface area contributed by atoms with Gasteiger partial charge in [0.15, 0.2) is 17.5 Å². The highest BCUT2D eigenvalue weighted by Gasteiger charge is 2.18. The molecule has 0 radical (unpaired) electrons. The van der Waals surface area contributed by atoms with Crippen molar-refractivity contribution in [3.8, 4) is 56.4 Å². The topological polar surface area (TPSA) is 51.8 Å². The lowest BCUT2D eigenvalue weighted by atomic mass is 9.97. The fourth-order valence-corrected chi connectivity index (χ4v) is 8.95. The summed E-state index contributed by atoms with van der Waals surface area (Å²) in [5.74, 6) is 1.88. The number of thiophene rings is 1. The number of rotatable bonds is 5. The minimum Gasteiger partial charge on any atom is -0.455 e. The summed E-state index contributed by atoms with van der Waals surface area (Å²) in [4.78, 5) is 15.3. The zero-order valence-corrected chi connectivity index (χ0v) is 29.7. The normalized spacial score (nSPS) is 11.7. The van der Waals surface area contributed by atoms with Crippen LogP contribution in [-0.2, 0) is 0 Å². The first-order chi connectivity index (χ1) is 26.7. The van der Waals surface area contributed by atoms with E-state index in [-0.39, 0.29) is 0 Å². The maximum atomic E-state index is 6.49. The van der Waals surface area contributed by atoms with Gasteiger partial charge in [-0.3, -0.25) is 0 Å². The van der Waals surface area contributed by atoms with Gasteiger partial charge in [-0.15, -0.1) is 11.3 Å². The van der Waals surface area contributed by atoms with Gasteiger partial charge in [0.25, 0.3) is 0 Å². The number of benzene rings is 8. The molecule has 0 spiro atoms. The molecule has 5 heteroatoms. The molecule has 0 N–H and O–H groups in total. The number of aromatic nitrogens is 3. The van der Waals surface area contributed by atoms with Gasteiger partial charge in [-0.25, -0.2) is 15.0 Å². The molecule has 0 amide bonds. The molecule has 0 atom stereocenters. The van der Waals surface area contributed by atoms with Crippen LogP contribution < -0.4 is 0 Å². The van der Waals surface area contributed by atoms with Crippen molar-refractivity contribution in [1.82, 2.24) is 15.0 Å². The molecule has 0 bridgehead atoms. The zero-order valence-electron chi connectivity index (χ0n) is 28.9. The molecule has 0 saturated heterocycles. The molecule has 8 aromatic carbocycles. The SMILES string of the molecule is c1ccc(-c2nc(-c3ccc4oc5c(-c6ccccc6)cccc5c4c3)nc(-c3ccc4sc5c(-c6cccc7ccccc67)cccc5c4c3)n2)cc1. The molecular formula is C49H29N3OS. The van der Waals surface area contributed by atoms with E-state index in [1.165, 1.54) is 42.1 Å². The minimum atomic E-state index is 0.614. The van der Waals surface area contributed by atoms with E-state index in [2.05, 4.69) is 127 Å². The summed E-state index contributed by atoms with van der Waals surface area (Å²) in [6.45, 7) is 0. The van der Waals surface area contributed by atoms with E-state index in [4.69, 9.17) is 19.4 Å². The molecule has 11 aromatic rings. The van der Waals surface area contributed by atoms with Gasteiger partial charge < -0.3 is 4.42 Å². The molecule has 252 valence electrons. The van der Waals surface area contributed by atoms with Gasteiger partial charge in [-0.1, -0.05) is 140 Å². The largest absolute Gasteiger partial charge is 0.455 e. The number of hydrogen-bond acceptors (Lipinski definition) is 5. The van der Waals surface area contributed by atoms with Crippen molar-refractivity contribution in [2.45, 2.75) is 0 Å². The van der Waals surface area contributed by atoms with E-state index in [1.807, 2.05) is 59.9 Å². The molecule has 0 aliphatic carbocycles. The first-order valence-corrected chi connectivity index (χ1v) is 18.8. The Morgan fingerprint density at radius 1 is 0.370 bits per heavy atom. The maximum absolute atomic E-state index is 6.49. The van der Waals surface area contributed by atoms with Crippen molar-refractivity contribution in [3.05, 3.63) is 176 Å². The molecule has 0 unspecified atom stereocenters. The van der Waals surface area contributed by atoms with Crippen LogP contribution in [0.15, 0.2) is 180 Å². The molecule has 0 fully saturated rings. The van der Waals surface area contributed by atoms with Crippen LogP contribution in [0.3, 0.4) is 0 Å². The van der Waals surface area contributed by atoms with Crippen LogP contribution in [-0.4, -0.2) is 15.0 Å². The lowest BCUT2D eigenvalue weighted by Crippen LogP contribution is -2.00. The van der Waals surface area contributed by atoms with Gasteiger partial charge in [-0.2, -0.15) is 0 Å². The molecular weight excluding hydrogens is 679 g/mol. The first-order valence-electron chi connectivity index (χ1n) is 18.0. The summed E-state index contributed by atoms with van der Waals surface area (Å²) in [5.41, 5.74) is 9.17. The smallest absolute Gasteiger partial charge is 0.164 e. The molecule has 3 heterocycles. The van der Waals surface area contributed by atoms with E-state index in [0.29, 0.717) is 17.5 Å². The van der Waals surface area contributed by atoms with Gasteiger partial charge >= 0.3 is 0 Å². The third kappa shape index (κ3) is 5.01. The van der Waals surface area contributed by atoms with Gasteiger partial charge in [0, 0.05) is 58.8 Å². The summed E-state index contributed by atoms with van der Waals surface area (Å²) in [6, 6.07) is 61.5. The van der Waals surface area contributed by atoms with E-state index >= 15 is 0 Å². The molecule has 0 aliphatic heterocycles. The Hall–Kier alpha value is -6.95. The minimum absolute atomic E-state index is 0.614. The zero-order chi connectivity index (χ0) is 35.6. The van der Waals surface area contributed by atoms with Gasteiger partial charge in [0.2, 0.25) is 0 Å². The van der Waals surface area contributed by atoms with E-state index in [1.54, 1.807) is 0 Å². The number of para-hydroxylation sites is 1. The number of hydrogen-bond donors (Lipinski definition) is 0. The van der Waals surface area contributed by atoms with Crippen molar-refractivity contribution in [2.24, 2.45) is 0 Å². The molecule has 3 aromatic heterocycles. The van der Waals surface area contributed by atoms with Crippen LogP contribution in [0.5, 0.6) is 0 Å². The Morgan fingerprint density at radius 2 is 0.944 bits per heavy atom. The van der Waals surface area contributed by atoms with Crippen molar-refractivity contribution < 1.29 is 4.42 Å². The summed E-state index contributed by atoms with van der Waals surface area (Å²) in [5, 5.41) is 7.01. The van der Waals surface area contributed by atoms with Crippen molar-refractivity contribution in [1.29, 1.82) is 0 Å². The van der Waals surface area contributed by atoms with Crippen LogP contribution in [0.25, 0.3) is 109 Å². The van der Waals surface area contributed by atoms with Crippen LogP contribution in [0, 0.1) is 0 Å². The average molecular weight is 708 g/mol. The van der Waals surface area contributed by atoms with Crippen molar-refractivity contribution in [3.63, 3.8) is 0 Å². The third-order valence-electron chi connectivity index (χ3n) is 10.3. The fraction of sp³-hybridized carbons (Fsp3) is 0. The van der Waals surface area contributed by atoms with Crippen molar-refractivity contribution >= 4 is 64.2 Å². The maximum Gasteiger partial charge on any atom is 0.164 e. The highest BCUT2D eigenvalue weighted by Crippen LogP contribution is 2.43. The second-order valence-electron chi connectivity index (χ2n) is 13.6. The predicted octanol–water partition coefficient (Wildman–Crippen LogP) is 13.6. The average Bonchev–Trinajstić information content (AvgIpc) is 3.82. The predicted molar refractivity (Wildman–Crippen MR) is 225 cm³/mol. The lowest BCUT2D eigenvalue weighted by molar-refractivity contribution is 0.670. The third-order valence-corrected chi connectivity index (χ3v) is 11.6. The van der Waals surface area contributed by atoms with Gasteiger partial charge in [0.1, 0.15) is 11.2 Å². The second kappa shape index (κ2) is 12.3. The Bertz CT molecular complexity index is 3210. The standard InChI is InChI=1S/C49H29N3OS/c1-3-12-31(13-4-1)36-19-10-21-38-41-28-33(24-26-43(41)53-45(36)38)48-50-47(32-15-5-2-6-16-32)51-49(52-48)34-25-27-44-42(29-34)40-23-11-22-39(46(40)54-44)37-20-9-17-30-14-7-8-18-35(30)37/h1-29H. The molecule has 0 aliphatic rings.